The summed E-state index contributed by atoms with van der Waals surface area (Å²) in [5.74, 6) is 0.450. The maximum Gasteiger partial charge on any atom is 0.172 e. The summed E-state index contributed by atoms with van der Waals surface area (Å²) in [4.78, 5) is 11.0. The standard InChI is InChI=1S/C14H17N3O/c1-10(2)8-14-13(9-18)15-16-17(14)12-6-4-11(3)5-7-12/h4-7,9-10H,8H2,1-3H3. The quantitative estimate of drug-likeness (QED) is 0.775. The molecule has 18 heavy (non-hydrogen) atoms. The number of aldehydes is 1. The third kappa shape index (κ3) is 2.47. The molecule has 4 heteroatoms. The van der Waals surface area contributed by atoms with Crippen molar-refractivity contribution in [3.8, 4) is 5.69 Å². The van der Waals surface area contributed by atoms with E-state index in [0.717, 1.165) is 24.1 Å². The van der Waals surface area contributed by atoms with Gasteiger partial charge in [0.2, 0.25) is 0 Å². The number of rotatable bonds is 4. The molecule has 0 spiro atoms. The van der Waals surface area contributed by atoms with E-state index in [9.17, 15) is 4.79 Å². The highest BCUT2D eigenvalue weighted by Gasteiger charge is 2.14. The Kier molecular flexibility index (Phi) is 3.55. The fraction of sp³-hybridized carbons (Fsp3) is 0.357. The molecule has 0 unspecified atom stereocenters. The molecule has 0 fully saturated rings. The third-order valence-corrected chi connectivity index (χ3v) is 2.79. The van der Waals surface area contributed by atoms with Crippen LogP contribution in [-0.4, -0.2) is 21.3 Å². The number of benzene rings is 1. The molecular weight excluding hydrogens is 226 g/mol. The summed E-state index contributed by atoms with van der Waals surface area (Å²) >= 11 is 0. The smallest absolute Gasteiger partial charge is 0.172 e. The molecular formula is C14H17N3O. The van der Waals surface area contributed by atoms with Gasteiger partial charge in [-0.3, -0.25) is 4.79 Å². The van der Waals surface area contributed by atoms with E-state index in [0.29, 0.717) is 11.6 Å². The average molecular weight is 243 g/mol. The summed E-state index contributed by atoms with van der Waals surface area (Å²) in [5.41, 5.74) is 3.45. The van der Waals surface area contributed by atoms with Gasteiger partial charge in [-0.15, -0.1) is 5.10 Å². The van der Waals surface area contributed by atoms with Crippen LogP contribution in [0.3, 0.4) is 0 Å². The first-order valence-corrected chi connectivity index (χ1v) is 6.08. The molecule has 94 valence electrons. The molecule has 0 aliphatic carbocycles. The normalized spacial score (nSPS) is 10.9. The molecule has 1 heterocycles. The number of carbonyl (C=O) groups excluding carboxylic acids is 1. The van der Waals surface area contributed by atoms with Gasteiger partial charge < -0.3 is 0 Å². The van der Waals surface area contributed by atoms with Crippen molar-refractivity contribution in [1.29, 1.82) is 0 Å². The number of hydrogen-bond donors (Lipinski definition) is 0. The van der Waals surface area contributed by atoms with E-state index in [1.54, 1.807) is 4.68 Å². The SMILES string of the molecule is Cc1ccc(-n2nnc(C=O)c2CC(C)C)cc1. The zero-order valence-corrected chi connectivity index (χ0v) is 10.9. The fourth-order valence-corrected chi connectivity index (χ4v) is 1.88. The Morgan fingerprint density at radius 3 is 2.50 bits per heavy atom. The minimum atomic E-state index is 0.435. The Hall–Kier alpha value is -1.97. The predicted molar refractivity (Wildman–Crippen MR) is 70.0 cm³/mol. The van der Waals surface area contributed by atoms with Crippen molar-refractivity contribution in [1.82, 2.24) is 15.0 Å². The van der Waals surface area contributed by atoms with E-state index >= 15 is 0 Å². The largest absolute Gasteiger partial charge is 0.296 e. The van der Waals surface area contributed by atoms with E-state index in [-0.39, 0.29) is 0 Å². The van der Waals surface area contributed by atoms with Crippen molar-refractivity contribution in [3.63, 3.8) is 0 Å². The molecule has 0 atom stereocenters. The highest BCUT2D eigenvalue weighted by Crippen LogP contribution is 2.16. The zero-order valence-electron chi connectivity index (χ0n) is 10.9. The van der Waals surface area contributed by atoms with Crippen molar-refractivity contribution in [2.45, 2.75) is 27.2 Å². The number of hydrogen-bond acceptors (Lipinski definition) is 3. The molecule has 2 rings (SSSR count). The van der Waals surface area contributed by atoms with Crippen LogP contribution in [0.4, 0.5) is 0 Å². The van der Waals surface area contributed by atoms with Gasteiger partial charge in [0.15, 0.2) is 6.29 Å². The Bertz CT molecular complexity index is 541. The first-order chi connectivity index (χ1) is 8.61. The molecule has 1 aromatic heterocycles. The summed E-state index contributed by atoms with van der Waals surface area (Å²) in [6.45, 7) is 6.26. The summed E-state index contributed by atoms with van der Waals surface area (Å²) in [6.07, 6.45) is 1.56. The van der Waals surface area contributed by atoms with Gasteiger partial charge in [-0.1, -0.05) is 36.8 Å². The Morgan fingerprint density at radius 1 is 1.28 bits per heavy atom. The van der Waals surface area contributed by atoms with Gasteiger partial charge in [-0.25, -0.2) is 4.68 Å². The van der Waals surface area contributed by atoms with Crippen molar-refractivity contribution < 1.29 is 4.79 Å². The Balaban J connectivity index is 2.46. The van der Waals surface area contributed by atoms with Gasteiger partial charge in [0.05, 0.1) is 11.4 Å². The van der Waals surface area contributed by atoms with Crippen LogP contribution in [0.1, 0.15) is 35.6 Å². The van der Waals surface area contributed by atoms with E-state index < -0.39 is 0 Å². The van der Waals surface area contributed by atoms with Crippen LogP contribution in [0.2, 0.25) is 0 Å². The first kappa shape index (κ1) is 12.5. The molecule has 0 saturated carbocycles. The minimum absolute atomic E-state index is 0.435. The molecule has 0 N–H and O–H groups in total. The highest BCUT2D eigenvalue weighted by molar-refractivity contribution is 5.73. The second kappa shape index (κ2) is 5.12. The lowest BCUT2D eigenvalue weighted by Crippen LogP contribution is -2.07. The summed E-state index contributed by atoms with van der Waals surface area (Å²) in [7, 11) is 0. The van der Waals surface area contributed by atoms with Gasteiger partial charge in [-0.2, -0.15) is 0 Å². The van der Waals surface area contributed by atoms with Crippen LogP contribution in [-0.2, 0) is 6.42 Å². The van der Waals surface area contributed by atoms with E-state index in [1.807, 2.05) is 31.2 Å². The first-order valence-electron chi connectivity index (χ1n) is 6.08. The van der Waals surface area contributed by atoms with Gasteiger partial charge >= 0.3 is 0 Å². The molecule has 0 bridgehead atoms. The van der Waals surface area contributed by atoms with Crippen molar-refractivity contribution in [2.75, 3.05) is 0 Å². The number of aryl methyl sites for hydroxylation is 1. The maximum absolute atomic E-state index is 11.0. The highest BCUT2D eigenvalue weighted by atomic mass is 16.1. The van der Waals surface area contributed by atoms with Crippen molar-refractivity contribution in [2.24, 2.45) is 5.92 Å². The summed E-state index contributed by atoms with van der Waals surface area (Å²) < 4.78 is 1.75. The van der Waals surface area contributed by atoms with Crippen LogP contribution in [0.25, 0.3) is 5.69 Å². The number of carbonyl (C=O) groups is 1. The van der Waals surface area contributed by atoms with Crippen LogP contribution in [0.5, 0.6) is 0 Å². The Labute approximate surface area is 107 Å². The van der Waals surface area contributed by atoms with E-state index in [1.165, 1.54) is 5.56 Å². The Morgan fingerprint density at radius 2 is 1.94 bits per heavy atom. The second-order valence-corrected chi connectivity index (χ2v) is 4.88. The molecule has 1 aromatic carbocycles. The number of nitrogens with zero attached hydrogens (tertiary/aromatic N) is 3. The summed E-state index contributed by atoms with van der Waals surface area (Å²) in [6, 6.07) is 8.03. The number of aromatic nitrogens is 3. The van der Waals surface area contributed by atoms with Gasteiger partial charge in [0.1, 0.15) is 5.69 Å². The van der Waals surface area contributed by atoms with Crippen LogP contribution >= 0.6 is 0 Å². The van der Waals surface area contributed by atoms with Crippen LogP contribution in [0, 0.1) is 12.8 Å². The van der Waals surface area contributed by atoms with Crippen LogP contribution < -0.4 is 0 Å². The van der Waals surface area contributed by atoms with E-state index in [2.05, 4.69) is 24.2 Å². The molecule has 0 radical (unpaired) electrons. The maximum atomic E-state index is 11.0. The minimum Gasteiger partial charge on any atom is -0.296 e. The topological polar surface area (TPSA) is 47.8 Å². The second-order valence-electron chi connectivity index (χ2n) is 4.88. The lowest BCUT2D eigenvalue weighted by molar-refractivity contribution is 0.111. The molecule has 2 aromatic rings. The predicted octanol–water partition coefficient (Wildman–Crippen LogP) is 2.59. The lowest BCUT2D eigenvalue weighted by atomic mass is 10.1. The molecule has 0 amide bonds. The van der Waals surface area contributed by atoms with Crippen molar-refractivity contribution in [3.05, 3.63) is 41.2 Å². The monoisotopic (exact) mass is 243 g/mol. The molecule has 0 saturated heterocycles. The zero-order chi connectivity index (χ0) is 13.1. The van der Waals surface area contributed by atoms with E-state index in [4.69, 9.17) is 0 Å². The fourth-order valence-electron chi connectivity index (χ4n) is 1.88. The third-order valence-electron chi connectivity index (χ3n) is 2.79. The summed E-state index contributed by atoms with van der Waals surface area (Å²) in [5, 5.41) is 8.01. The van der Waals surface area contributed by atoms with Gasteiger partial charge in [0, 0.05) is 0 Å². The lowest BCUT2D eigenvalue weighted by Gasteiger charge is -2.09. The average Bonchev–Trinajstić information content (AvgIpc) is 2.72. The van der Waals surface area contributed by atoms with Gasteiger partial charge in [0.25, 0.3) is 0 Å². The molecule has 4 nitrogen and oxygen atoms in total. The van der Waals surface area contributed by atoms with Crippen molar-refractivity contribution >= 4 is 6.29 Å². The van der Waals surface area contributed by atoms with Crippen LogP contribution in [0.15, 0.2) is 24.3 Å². The van der Waals surface area contributed by atoms with Gasteiger partial charge in [-0.05, 0) is 31.4 Å². The molecule has 0 aliphatic rings. The molecule has 0 aliphatic heterocycles.